The summed E-state index contributed by atoms with van der Waals surface area (Å²) in [5.41, 5.74) is 5.61. The molecular formula is C11H10Cl2N4O2. The standard InChI is InChI=1S/C11H10Cl2N4O2/c12-7-1-2-9(13)8(5-7)10(19-11(14)18)6-17-15-3-4-16-17/h1-5,10H,6H2,(H2,14,18). The van der Waals surface area contributed by atoms with E-state index < -0.39 is 12.2 Å². The molecule has 100 valence electrons. The summed E-state index contributed by atoms with van der Waals surface area (Å²) in [6, 6.07) is 4.87. The van der Waals surface area contributed by atoms with Gasteiger partial charge < -0.3 is 10.5 Å². The van der Waals surface area contributed by atoms with E-state index in [1.807, 2.05) is 0 Å². The summed E-state index contributed by atoms with van der Waals surface area (Å²) in [5, 5.41) is 8.77. The van der Waals surface area contributed by atoms with Gasteiger partial charge in [0.15, 0.2) is 6.10 Å². The SMILES string of the molecule is NC(=O)OC(Cn1nccn1)c1cc(Cl)ccc1Cl. The van der Waals surface area contributed by atoms with Crippen LogP contribution in [0.5, 0.6) is 0 Å². The van der Waals surface area contributed by atoms with Crippen LogP contribution in [0.2, 0.25) is 10.0 Å². The van der Waals surface area contributed by atoms with Crippen LogP contribution in [-0.4, -0.2) is 21.1 Å². The van der Waals surface area contributed by atoms with E-state index in [1.54, 1.807) is 18.2 Å². The molecule has 1 aromatic carbocycles. The van der Waals surface area contributed by atoms with Gasteiger partial charge in [0, 0.05) is 15.6 Å². The second-order valence-electron chi connectivity index (χ2n) is 3.68. The third-order valence-electron chi connectivity index (χ3n) is 2.36. The van der Waals surface area contributed by atoms with Gasteiger partial charge in [-0.25, -0.2) is 4.79 Å². The number of amides is 1. The van der Waals surface area contributed by atoms with Crippen molar-refractivity contribution in [3.05, 3.63) is 46.2 Å². The maximum atomic E-state index is 11.0. The van der Waals surface area contributed by atoms with Crippen LogP contribution in [0, 0.1) is 0 Å². The molecule has 0 fully saturated rings. The molecule has 0 aliphatic heterocycles. The molecule has 0 saturated heterocycles. The number of aromatic nitrogens is 3. The Morgan fingerprint density at radius 3 is 2.68 bits per heavy atom. The zero-order valence-corrected chi connectivity index (χ0v) is 11.2. The minimum atomic E-state index is -0.909. The van der Waals surface area contributed by atoms with E-state index in [0.717, 1.165) is 0 Å². The van der Waals surface area contributed by atoms with Crippen molar-refractivity contribution in [3.63, 3.8) is 0 Å². The van der Waals surface area contributed by atoms with Crippen molar-refractivity contribution in [2.75, 3.05) is 0 Å². The van der Waals surface area contributed by atoms with Crippen LogP contribution >= 0.6 is 23.2 Å². The summed E-state index contributed by atoms with van der Waals surface area (Å²) in [5.74, 6) is 0. The molecule has 2 rings (SSSR count). The van der Waals surface area contributed by atoms with E-state index in [1.165, 1.54) is 17.2 Å². The van der Waals surface area contributed by atoms with Crippen LogP contribution in [0.25, 0.3) is 0 Å². The number of ether oxygens (including phenoxy) is 1. The highest BCUT2D eigenvalue weighted by Gasteiger charge is 2.20. The van der Waals surface area contributed by atoms with Gasteiger partial charge in [0.2, 0.25) is 0 Å². The van der Waals surface area contributed by atoms with Crippen molar-refractivity contribution in [2.45, 2.75) is 12.6 Å². The van der Waals surface area contributed by atoms with Gasteiger partial charge in [0.25, 0.3) is 0 Å². The first-order chi connectivity index (χ1) is 9.06. The van der Waals surface area contributed by atoms with Gasteiger partial charge in [0.1, 0.15) is 6.54 Å². The molecule has 1 unspecified atom stereocenters. The molecule has 19 heavy (non-hydrogen) atoms. The average molecular weight is 301 g/mol. The summed E-state index contributed by atoms with van der Waals surface area (Å²) < 4.78 is 5.04. The van der Waals surface area contributed by atoms with Crippen LogP contribution in [0.3, 0.4) is 0 Å². The summed E-state index contributed by atoms with van der Waals surface area (Å²) in [6.45, 7) is 0.190. The number of hydrogen-bond donors (Lipinski definition) is 1. The van der Waals surface area contributed by atoms with Crippen LogP contribution in [-0.2, 0) is 11.3 Å². The number of carbonyl (C=O) groups is 1. The lowest BCUT2D eigenvalue weighted by Gasteiger charge is -2.17. The second-order valence-corrected chi connectivity index (χ2v) is 4.52. The van der Waals surface area contributed by atoms with Gasteiger partial charge >= 0.3 is 6.09 Å². The number of benzene rings is 1. The smallest absolute Gasteiger partial charge is 0.405 e. The zero-order chi connectivity index (χ0) is 13.8. The van der Waals surface area contributed by atoms with Gasteiger partial charge in [-0.3, -0.25) is 0 Å². The minimum absolute atomic E-state index is 0.190. The fourth-order valence-electron chi connectivity index (χ4n) is 1.59. The van der Waals surface area contributed by atoms with E-state index >= 15 is 0 Å². The lowest BCUT2D eigenvalue weighted by Crippen LogP contribution is -2.22. The van der Waals surface area contributed by atoms with Crippen LogP contribution in [0.4, 0.5) is 4.79 Å². The summed E-state index contributed by atoms with van der Waals surface area (Å²) in [7, 11) is 0. The molecule has 0 aliphatic rings. The molecule has 2 N–H and O–H groups in total. The molecule has 6 nitrogen and oxygen atoms in total. The Hall–Kier alpha value is -1.79. The number of primary amides is 1. The quantitative estimate of drug-likeness (QED) is 0.940. The average Bonchev–Trinajstić information content (AvgIpc) is 2.84. The number of hydrogen-bond acceptors (Lipinski definition) is 4. The third-order valence-corrected chi connectivity index (χ3v) is 2.94. The monoisotopic (exact) mass is 300 g/mol. The van der Waals surface area contributed by atoms with Gasteiger partial charge in [-0.15, -0.1) is 0 Å². The molecule has 2 aromatic rings. The fourth-order valence-corrected chi connectivity index (χ4v) is 2.01. The Morgan fingerprint density at radius 1 is 1.37 bits per heavy atom. The number of rotatable bonds is 4. The van der Waals surface area contributed by atoms with E-state index in [4.69, 9.17) is 33.7 Å². The lowest BCUT2D eigenvalue weighted by atomic mass is 10.1. The van der Waals surface area contributed by atoms with Crippen molar-refractivity contribution < 1.29 is 9.53 Å². The van der Waals surface area contributed by atoms with Crippen molar-refractivity contribution in [2.24, 2.45) is 5.73 Å². The summed E-state index contributed by atoms with van der Waals surface area (Å²) in [4.78, 5) is 12.3. The Labute approximate surface area is 119 Å². The van der Waals surface area contributed by atoms with Crippen LogP contribution < -0.4 is 5.73 Å². The number of nitrogens with two attached hydrogens (primary N) is 1. The lowest BCUT2D eigenvalue weighted by molar-refractivity contribution is 0.0905. The van der Waals surface area contributed by atoms with Crippen molar-refractivity contribution >= 4 is 29.3 Å². The first-order valence-corrected chi connectivity index (χ1v) is 6.07. The van der Waals surface area contributed by atoms with Crippen LogP contribution in [0.15, 0.2) is 30.6 Å². The second kappa shape index (κ2) is 5.90. The van der Waals surface area contributed by atoms with E-state index in [2.05, 4.69) is 10.2 Å². The topological polar surface area (TPSA) is 83.0 Å². The third kappa shape index (κ3) is 3.59. The Balaban J connectivity index is 2.30. The molecule has 0 aliphatic carbocycles. The Kier molecular flexibility index (Phi) is 4.24. The summed E-state index contributed by atoms with van der Waals surface area (Å²) >= 11 is 12.0. The number of nitrogens with zero attached hydrogens (tertiary/aromatic N) is 3. The van der Waals surface area contributed by atoms with E-state index in [0.29, 0.717) is 15.6 Å². The molecule has 8 heteroatoms. The Morgan fingerprint density at radius 2 is 2.05 bits per heavy atom. The summed E-state index contributed by atoms with van der Waals surface area (Å²) in [6.07, 6.45) is 1.41. The molecule has 1 heterocycles. The minimum Gasteiger partial charge on any atom is -0.439 e. The maximum absolute atomic E-state index is 11.0. The molecule has 0 bridgehead atoms. The van der Waals surface area contributed by atoms with Gasteiger partial charge in [-0.1, -0.05) is 23.2 Å². The van der Waals surface area contributed by atoms with E-state index in [-0.39, 0.29) is 6.54 Å². The highest BCUT2D eigenvalue weighted by molar-refractivity contribution is 6.33. The molecule has 0 radical (unpaired) electrons. The van der Waals surface area contributed by atoms with Crippen molar-refractivity contribution in [1.29, 1.82) is 0 Å². The fraction of sp³-hybridized carbons (Fsp3) is 0.182. The molecule has 1 atom stereocenters. The first kappa shape index (κ1) is 13.6. The predicted octanol–water partition coefficient (Wildman–Crippen LogP) is 2.42. The highest BCUT2D eigenvalue weighted by Crippen LogP contribution is 2.29. The van der Waals surface area contributed by atoms with E-state index in [9.17, 15) is 4.79 Å². The molecule has 1 aromatic heterocycles. The molecule has 0 spiro atoms. The highest BCUT2D eigenvalue weighted by atomic mass is 35.5. The van der Waals surface area contributed by atoms with Crippen molar-refractivity contribution in [3.8, 4) is 0 Å². The van der Waals surface area contributed by atoms with Gasteiger partial charge in [-0.2, -0.15) is 15.0 Å². The van der Waals surface area contributed by atoms with Gasteiger partial charge in [0.05, 0.1) is 12.4 Å². The Bertz CT molecular complexity index is 574. The van der Waals surface area contributed by atoms with Crippen molar-refractivity contribution in [1.82, 2.24) is 15.0 Å². The maximum Gasteiger partial charge on any atom is 0.405 e. The molecular weight excluding hydrogens is 291 g/mol. The molecule has 0 saturated carbocycles. The first-order valence-electron chi connectivity index (χ1n) is 5.31. The predicted molar refractivity (Wildman–Crippen MR) is 69.9 cm³/mol. The number of halogens is 2. The molecule has 1 amide bonds. The van der Waals surface area contributed by atoms with Crippen LogP contribution in [0.1, 0.15) is 11.7 Å². The normalized spacial score (nSPS) is 12.1. The van der Waals surface area contributed by atoms with Gasteiger partial charge in [-0.05, 0) is 18.2 Å². The largest absolute Gasteiger partial charge is 0.439 e. The number of carbonyl (C=O) groups excluding carboxylic acids is 1. The zero-order valence-electron chi connectivity index (χ0n) is 9.66.